The summed E-state index contributed by atoms with van der Waals surface area (Å²) < 4.78 is 63.7. The summed E-state index contributed by atoms with van der Waals surface area (Å²) in [6.07, 6.45) is -0.355. The Morgan fingerprint density at radius 3 is 2.44 bits per heavy atom. The molecular formula is C25H21F4N5O2. The van der Waals surface area contributed by atoms with Crippen LogP contribution in [0, 0.1) is 5.82 Å². The van der Waals surface area contributed by atoms with Gasteiger partial charge in [-0.15, -0.1) is 0 Å². The number of rotatable bonds is 6. The molecule has 3 heterocycles. The lowest BCUT2D eigenvalue weighted by molar-refractivity contribution is -0.145. The van der Waals surface area contributed by atoms with E-state index in [-0.39, 0.29) is 11.9 Å². The molecular weight excluding hydrogens is 478 g/mol. The van der Waals surface area contributed by atoms with Crippen LogP contribution >= 0.6 is 0 Å². The first-order valence-corrected chi connectivity index (χ1v) is 11.2. The number of alkyl halides is 3. The fourth-order valence-electron chi connectivity index (χ4n) is 3.93. The number of hydrogen-bond acceptors (Lipinski definition) is 7. The lowest BCUT2D eigenvalue weighted by Gasteiger charge is -2.19. The van der Waals surface area contributed by atoms with Crippen molar-refractivity contribution >= 4 is 16.7 Å². The maximum atomic E-state index is 13.5. The maximum absolute atomic E-state index is 13.5. The molecule has 2 aromatic heterocycles. The maximum Gasteiger partial charge on any atom is 0.451 e. The zero-order chi connectivity index (χ0) is 25.3. The van der Waals surface area contributed by atoms with Gasteiger partial charge in [0.25, 0.3) is 0 Å². The van der Waals surface area contributed by atoms with Crippen molar-refractivity contribution in [3.8, 4) is 16.9 Å². The van der Waals surface area contributed by atoms with E-state index in [0.29, 0.717) is 41.2 Å². The Hall–Kier alpha value is -3.86. The molecule has 1 fully saturated rings. The Balaban J connectivity index is 1.53. The zero-order valence-corrected chi connectivity index (χ0v) is 19.1. The minimum Gasteiger partial charge on any atom is -0.486 e. The van der Waals surface area contributed by atoms with E-state index in [1.807, 2.05) is 12.1 Å². The minimum absolute atomic E-state index is 0.133. The Kier molecular flexibility index (Phi) is 6.40. The van der Waals surface area contributed by atoms with Crippen LogP contribution in [0.15, 0.2) is 55.1 Å². The van der Waals surface area contributed by atoms with Crippen LogP contribution in [0.1, 0.15) is 30.8 Å². The predicted octanol–water partition coefficient (Wildman–Crippen LogP) is 5.59. The van der Waals surface area contributed by atoms with Crippen molar-refractivity contribution in [2.45, 2.75) is 31.7 Å². The summed E-state index contributed by atoms with van der Waals surface area (Å²) in [4.78, 5) is 15.7. The van der Waals surface area contributed by atoms with Crippen LogP contribution in [0.5, 0.6) is 5.75 Å². The molecule has 7 nitrogen and oxygen atoms in total. The Labute approximate surface area is 203 Å². The van der Waals surface area contributed by atoms with Gasteiger partial charge in [0.05, 0.1) is 19.3 Å². The third-order valence-corrected chi connectivity index (χ3v) is 5.84. The smallest absolute Gasteiger partial charge is 0.451 e. The molecule has 0 radical (unpaired) electrons. The third kappa shape index (κ3) is 5.06. The highest BCUT2D eigenvalue weighted by molar-refractivity contribution is 5.96. The highest BCUT2D eigenvalue weighted by Gasteiger charge is 2.34. The summed E-state index contributed by atoms with van der Waals surface area (Å²) in [5, 5.41) is 3.85. The topological polar surface area (TPSA) is 82.1 Å². The number of aromatic nitrogens is 4. The molecule has 2 atom stereocenters. The van der Waals surface area contributed by atoms with Crippen molar-refractivity contribution in [2.24, 2.45) is 0 Å². The van der Waals surface area contributed by atoms with E-state index in [9.17, 15) is 17.6 Å². The largest absolute Gasteiger partial charge is 0.486 e. The van der Waals surface area contributed by atoms with Gasteiger partial charge >= 0.3 is 6.18 Å². The zero-order valence-electron chi connectivity index (χ0n) is 19.1. The van der Waals surface area contributed by atoms with Crippen molar-refractivity contribution in [1.82, 2.24) is 19.9 Å². The molecule has 1 aliphatic rings. The van der Waals surface area contributed by atoms with E-state index < -0.39 is 18.0 Å². The Morgan fingerprint density at radius 2 is 1.78 bits per heavy atom. The lowest BCUT2D eigenvalue weighted by atomic mass is 10.0. The van der Waals surface area contributed by atoms with Gasteiger partial charge in [0, 0.05) is 29.8 Å². The molecule has 0 bridgehead atoms. The standard InChI is InChI=1S/C25H21F4N5O2/c1-14(17-10-30-24(31-11-17)25(27,28)29)34-23-20-8-16(15-2-4-18(26)5-3-15)9-21(22(20)32-13-33-23)36-19-6-7-35-12-19/h2-5,8-11,13-14,19H,6-7,12H2,1H3,(H,32,33,34)/t14?,19-/m1/s1. The van der Waals surface area contributed by atoms with Crippen LogP contribution in [0.4, 0.5) is 23.4 Å². The van der Waals surface area contributed by atoms with E-state index in [1.165, 1.54) is 18.5 Å². The van der Waals surface area contributed by atoms with E-state index in [0.717, 1.165) is 29.9 Å². The first-order chi connectivity index (χ1) is 17.3. The summed E-state index contributed by atoms with van der Waals surface area (Å²) in [6.45, 7) is 2.83. The molecule has 1 saturated heterocycles. The number of anilines is 1. The van der Waals surface area contributed by atoms with Crippen molar-refractivity contribution in [3.05, 3.63) is 72.3 Å². The van der Waals surface area contributed by atoms with Gasteiger partial charge in [-0.1, -0.05) is 12.1 Å². The average molecular weight is 499 g/mol. The summed E-state index contributed by atoms with van der Waals surface area (Å²) in [5.41, 5.74) is 2.54. The van der Waals surface area contributed by atoms with Crippen molar-refractivity contribution in [2.75, 3.05) is 18.5 Å². The third-order valence-electron chi connectivity index (χ3n) is 5.84. The molecule has 0 amide bonds. The van der Waals surface area contributed by atoms with Gasteiger partial charge in [-0.3, -0.25) is 0 Å². The first kappa shape index (κ1) is 23.9. The molecule has 1 unspecified atom stereocenters. The van der Waals surface area contributed by atoms with Gasteiger partial charge in [-0.05, 0) is 42.3 Å². The van der Waals surface area contributed by atoms with Crippen molar-refractivity contribution in [1.29, 1.82) is 0 Å². The number of nitrogens with zero attached hydrogens (tertiary/aromatic N) is 4. The number of ether oxygens (including phenoxy) is 2. The van der Waals surface area contributed by atoms with Crippen LogP contribution in [-0.2, 0) is 10.9 Å². The SMILES string of the molecule is CC(Nc1ncnc2c(O[C@@H]3CCOC3)cc(-c3ccc(F)cc3)cc12)c1cnc(C(F)(F)F)nc1. The molecule has 186 valence electrons. The summed E-state index contributed by atoms with van der Waals surface area (Å²) in [6, 6.07) is 9.32. The molecule has 11 heteroatoms. The number of hydrogen-bond donors (Lipinski definition) is 1. The summed E-state index contributed by atoms with van der Waals surface area (Å²) >= 11 is 0. The molecule has 4 aromatic rings. The van der Waals surface area contributed by atoms with E-state index in [2.05, 4.69) is 25.3 Å². The van der Waals surface area contributed by atoms with E-state index >= 15 is 0 Å². The fraction of sp³-hybridized carbons (Fsp3) is 0.280. The number of benzene rings is 2. The number of nitrogens with one attached hydrogen (secondary N) is 1. The highest BCUT2D eigenvalue weighted by atomic mass is 19.4. The second-order valence-electron chi connectivity index (χ2n) is 8.41. The van der Waals surface area contributed by atoms with Gasteiger partial charge in [-0.2, -0.15) is 13.2 Å². The van der Waals surface area contributed by atoms with Crippen LogP contribution in [0.3, 0.4) is 0 Å². The van der Waals surface area contributed by atoms with E-state index in [4.69, 9.17) is 9.47 Å². The highest BCUT2D eigenvalue weighted by Crippen LogP contribution is 2.36. The van der Waals surface area contributed by atoms with E-state index in [1.54, 1.807) is 19.1 Å². The van der Waals surface area contributed by atoms with Gasteiger partial charge < -0.3 is 14.8 Å². The molecule has 0 saturated carbocycles. The Bertz CT molecular complexity index is 1360. The fourth-order valence-corrected chi connectivity index (χ4v) is 3.93. The number of halogens is 4. The molecule has 0 aliphatic carbocycles. The van der Waals surface area contributed by atoms with Crippen molar-refractivity contribution in [3.63, 3.8) is 0 Å². The summed E-state index contributed by atoms with van der Waals surface area (Å²) in [5.74, 6) is -0.577. The second-order valence-corrected chi connectivity index (χ2v) is 8.41. The number of fused-ring (bicyclic) bond motifs is 1. The van der Waals surface area contributed by atoms with Gasteiger partial charge in [-0.25, -0.2) is 24.3 Å². The van der Waals surface area contributed by atoms with Crippen LogP contribution in [0.25, 0.3) is 22.0 Å². The monoisotopic (exact) mass is 499 g/mol. The molecule has 0 spiro atoms. The quantitative estimate of drug-likeness (QED) is 0.347. The minimum atomic E-state index is -4.62. The molecule has 2 aromatic carbocycles. The van der Waals surface area contributed by atoms with Gasteiger partial charge in [0.2, 0.25) is 5.82 Å². The molecule has 1 N–H and O–H groups in total. The first-order valence-electron chi connectivity index (χ1n) is 11.2. The van der Waals surface area contributed by atoms with Crippen molar-refractivity contribution < 1.29 is 27.0 Å². The average Bonchev–Trinajstić information content (AvgIpc) is 3.37. The van der Waals surface area contributed by atoms with Crippen LogP contribution in [-0.4, -0.2) is 39.3 Å². The Morgan fingerprint density at radius 1 is 1.03 bits per heavy atom. The van der Waals surface area contributed by atoms with Gasteiger partial charge in [0.15, 0.2) is 0 Å². The van der Waals surface area contributed by atoms with Gasteiger partial charge in [0.1, 0.15) is 35.3 Å². The molecule has 1 aliphatic heterocycles. The predicted molar refractivity (Wildman–Crippen MR) is 124 cm³/mol. The lowest BCUT2D eigenvalue weighted by Crippen LogP contribution is -2.16. The normalized spacial score (nSPS) is 16.8. The molecule has 5 rings (SSSR count). The van der Waals surface area contributed by atoms with Crippen LogP contribution in [0.2, 0.25) is 0 Å². The second kappa shape index (κ2) is 9.65. The van der Waals surface area contributed by atoms with Crippen LogP contribution < -0.4 is 10.1 Å². The molecule has 36 heavy (non-hydrogen) atoms. The summed E-state index contributed by atoms with van der Waals surface area (Å²) in [7, 11) is 0.